The Morgan fingerprint density at radius 2 is 1.47 bits per heavy atom. The van der Waals surface area contributed by atoms with Crippen LogP contribution in [0.3, 0.4) is 0 Å². The van der Waals surface area contributed by atoms with E-state index >= 15 is 0 Å². The van der Waals surface area contributed by atoms with Crippen molar-refractivity contribution in [3.05, 3.63) is 0 Å². The van der Waals surface area contributed by atoms with Crippen molar-refractivity contribution < 1.29 is 33.5 Å². The first-order valence-electron chi connectivity index (χ1n) is 18.7. The molecule has 0 bridgehead atoms. The molecule has 2 saturated carbocycles. The number of nitrogens with one attached hydrogen (secondary N) is 3. The van der Waals surface area contributed by atoms with Crippen molar-refractivity contribution in [3.63, 3.8) is 0 Å². The van der Waals surface area contributed by atoms with Crippen LogP contribution in [0.15, 0.2) is 0 Å². The monoisotopic (exact) mass is 698 g/mol. The van der Waals surface area contributed by atoms with Gasteiger partial charge in [-0.25, -0.2) is 4.79 Å². The smallest absolute Gasteiger partial charge is 0.325 e. The molecule has 5 N–H and O–H groups in total. The third-order valence-electron chi connectivity index (χ3n) is 8.31. The fraction of sp³-hybridized carbons (Fsp3) is 0.838. The van der Waals surface area contributed by atoms with E-state index in [1.807, 2.05) is 46.4 Å². The average Bonchev–Trinajstić information content (AvgIpc) is 3.41. The highest BCUT2D eigenvalue weighted by atomic mass is 16.5. The van der Waals surface area contributed by atoms with E-state index in [1.54, 1.807) is 13.8 Å². The number of ether oxygens (including phenoxy) is 1. The predicted molar refractivity (Wildman–Crippen MR) is 196 cm³/mol. The highest BCUT2D eigenvalue weighted by molar-refractivity contribution is 6.37. The second-order valence-corrected chi connectivity index (χ2v) is 14.1. The lowest BCUT2D eigenvalue weighted by Crippen LogP contribution is -2.57. The average molecular weight is 698 g/mol. The summed E-state index contributed by atoms with van der Waals surface area (Å²) in [4.78, 5) is 70.3. The van der Waals surface area contributed by atoms with Gasteiger partial charge in [-0.05, 0) is 51.4 Å². The summed E-state index contributed by atoms with van der Waals surface area (Å²) in [5, 5.41) is 7.50. The van der Waals surface area contributed by atoms with E-state index in [2.05, 4.69) is 29.8 Å². The number of carbonyl (C=O) groups is 6. The van der Waals surface area contributed by atoms with E-state index in [4.69, 9.17) is 10.5 Å². The Morgan fingerprint density at radius 1 is 0.918 bits per heavy atom. The van der Waals surface area contributed by atoms with Gasteiger partial charge in [-0.1, -0.05) is 113 Å². The standard InChI is InChI=1S/C17H31N3O4.C9H14N2O3.C5H12.C4H8.C2H6/c1-11(2)24-13(21)10-18-16(23)19-14(17(4,5)6)15(22)20-9-7-8-12(20)3;10-9(14)8(13)7(11-5-12)4-6-2-1-3-6;1-3-5-4-2;1-2-4-3-1;1-2/h11-12,14H,7-10H2,1-6H3,(H2,18,19,23);5-7H,1-4H2,(H2,10,14)(H,11,12);3-5H2,1-2H3;1-4H2;1-2H3. The highest BCUT2D eigenvalue weighted by Crippen LogP contribution is 2.30. The van der Waals surface area contributed by atoms with Gasteiger partial charge in [0, 0.05) is 12.6 Å². The van der Waals surface area contributed by atoms with Gasteiger partial charge >= 0.3 is 12.0 Å². The first-order valence-corrected chi connectivity index (χ1v) is 18.7. The van der Waals surface area contributed by atoms with Gasteiger partial charge in [0.25, 0.3) is 5.91 Å². The number of ketones is 1. The molecule has 0 aromatic heterocycles. The zero-order chi connectivity index (χ0) is 38.0. The number of nitrogens with zero attached hydrogens (tertiary/aromatic N) is 1. The maximum Gasteiger partial charge on any atom is 0.325 e. The van der Waals surface area contributed by atoms with Crippen LogP contribution in [0, 0.1) is 11.3 Å². The summed E-state index contributed by atoms with van der Waals surface area (Å²) in [7, 11) is 0. The van der Waals surface area contributed by atoms with Gasteiger partial charge in [0.15, 0.2) is 0 Å². The Bertz CT molecular complexity index is 953. The number of hydrogen-bond donors (Lipinski definition) is 4. The summed E-state index contributed by atoms with van der Waals surface area (Å²) >= 11 is 0. The van der Waals surface area contributed by atoms with E-state index in [-0.39, 0.29) is 24.6 Å². The molecule has 3 fully saturated rings. The van der Waals surface area contributed by atoms with Crippen molar-refractivity contribution in [3.8, 4) is 0 Å². The molecular weight excluding hydrogens is 626 g/mol. The molecule has 1 saturated heterocycles. The summed E-state index contributed by atoms with van der Waals surface area (Å²) in [6.07, 6.45) is 16.0. The molecule has 3 unspecified atom stereocenters. The molecule has 49 heavy (non-hydrogen) atoms. The van der Waals surface area contributed by atoms with Crippen LogP contribution in [0.5, 0.6) is 0 Å². The molecule has 0 aromatic carbocycles. The van der Waals surface area contributed by atoms with Crippen LogP contribution in [0.25, 0.3) is 0 Å². The number of Topliss-reactive ketones (excluding diaryl/α,β-unsaturated/α-hetero) is 1. The molecule has 1 heterocycles. The number of rotatable bonds is 13. The zero-order valence-electron chi connectivity index (χ0n) is 32.5. The third-order valence-corrected chi connectivity index (χ3v) is 8.31. The van der Waals surface area contributed by atoms with Crippen LogP contribution in [-0.2, 0) is 28.7 Å². The Morgan fingerprint density at radius 3 is 1.80 bits per heavy atom. The second kappa shape index (κ2) is 27.6. The highest BCUT2D eigenvalue weighted by Gasteiger charge is 2.38. The van der Waals surface area contributed by atoms with Crippen molar-refractivity contribution >= 4 is 36.0 Å². The molecule has 12 heteroatoms. The molecule has 0 radical (unpaired) electrons. The minimum atomic E-state index is -0.983. The topological polar surface area (TPSA) is 177 Å². The third kappa shape index (κ3) is 22.2. The van der Waals surface area contributed by atoms with Gasteiger partial charge in [-0.2, -0.15) is 0 Å². The second-order valence-electron chi connectivity index (χ2n) is 14.1. The van der Waals surface area contributed by atoms with Crippen LogP contribution >= 0.6 is 0 Å². The number of likely N-dealkylation sites (tertiary alicyclic amines) is 1. The molecule has 3 aliphatic rings. The Balaban J connectivity index is 0. The lowest BCUT2D eigenvalue weighted by atomic mass is 9.80. The van der Waals surface area contributed by atoms with Crippen LogP contribution in [-0.4, -0.2) is 78.2 Å². The van der Waals surface area contributed by atoms with Gasteiger partial charge in [0.2, 0.25) is 18.1 Å². The molecule has 12 nitrogen and oxygen atoms in total. The van der Waals surface area contributed by atoms with Gasteiger partial charge in [0.05, 0.1) is 12.1 Å². The summed E-state index contributed by atoms with van der Waals surface area (Å²) in [6, 6.07) is -1.74. The van der Waals surface area contributed by atoms with Crippen molar-refractivity contribution in [2.45, 2.75) is 177 Å². The zero-order valence-corrected chi connectivity index (χ0v) is 32.5. The molecule has 0 spiro atoms. The molecule has 286 valence electrons. The molecule has 0 aromatic rings. The maximum absolute atomic E-state index is 12.8. The van der Waals surface area contributed by atoms with E-state index in [1.165, 1.54) is 44.9 Å². The number of primary amides is 1. The lowest BCUT2D eigenvalue weighted by molar-refractivity contribution is -0.146. The first-order chi connectivity index (χ1) is 23.1. The SMILES string of the molecule is C1CCC1.CC.CC(C)OC(=O)CNC(=O)NC(C(=O)N1CCCC1C)C(C)(C)C.CCCCC.NC(=O)C(=O)C(CC1CCC1)NC=O. The summed E-state index contributed by atoms with van der Waals surface area (Å²) in [6.45, 7) is 20.1. The Labute approximate surface area is 297 Å². The summed E-state index contributed by atoms with van der Waals surface area (Å²) < 4.78 is 4.96. The van der Waals surface area contributed by atoms with Gasteiger partial charge in [-0.15, -0.1) is 0 Å². The minimum absolute atomic E-state index is 0.0765. The fourth-order valence-corrected chi connectivity index (χ4v) is 4.88. The van der Waals surface area contributed by atoms with Crippen LogP contribution in [0.2, 0.25) is 0 Å². The lowest BCUT2D eigenvalue weighted by Gasteiger charge is -2.35. The molecule has 3 rings (SSSR count). The molecule has 5 amide bonds. The number of hydrogen-bond acceptors (Lipinski definition) is 7. The van der Waals surface area contributed by atoms with Gasteiger partial charge in [0.1, 0.15) is 12.6 Å². The number of nitrogens with two attached hydrogens (primary N) is 1. The van der Waals surface area contributed by atoms with Crippen LogP contribution in [0.1, 0.15) is 153 Å². The molecule has 1 aliphatic heterocycles. The van der Waals surface area contributed by atoms with Crippen LogP contribution in [0.4, 0.5) is 4.79 Å². The van der Waals surface area contributed by atoms with Crippen molar-refractivity contribution in [2.24, 2.45) is 17.1 Å². The van der Waals surface area contributed by atoms with E-state index < -0.39 is 41.2 Å². The number of urea groups is 1. The van der Waals surface area contributed by atoms with E-state index in [0.717, 1.165) is 38.6 Å². The molecular formula is C37H71N5O7. The molecule has 2 aliphatic carbocycles. The fourth-order valence-electron chi connectivity index (χ4n) is 4.88. The van der Waals surface area contributed by atoms with Crippen molar-refractivity contribution in [1.29, 1.82) is 0 Å². The number of unbranched alkanes of at least 4 members (excludes halogenated alkanes) is 2. The largest absolute Gasteiger partial charge is 0.462 e. The van der Waals surface area contributed by atoms with Gasteiger partial charge < -0.3 is 31.3 Å². The number of esters is 1. The number of amides is 5. The maximum atomic E-state index is 12.8. The summed E-state index contributed by atoms with van der Waals surface area (Å²) in [5.41, 5.74) is 4.42. The van der Waals surface area contributed by atoms with Gasteiger partial charge in [-0.3, -0.25) is 24.0 Å². The minimum Gasteiger partial charge on any atom is -0.462 e. The summed E-state index contributed by atoms with van der Waals surface area (Å²) in [5.74, 6) is -1.83. The molecule has 3 atom stereocenters. The predicted octanol–water partition coefficient (Wildman–Crippen LogP) is 5.79. The van der Waals surface area contributed by atoms with E-state index in [9.17, 15) is 28.8 Å². The Hall–Kier alpha value is -3.18. The quantitative estimate of drug-likeness (QED) is 0.107. The Kier molecular flexibility index (Phi) is 27.0. The van der Waals surface area contributed by atoms with E-state index in [0.29, 0.717) is 18.7 Å². The van der Waals surface area contributed by atoms with Crippen molar-refractivity contribution in [1.82, 2.24) is 20.9 Å². The van der Waals surface area contributed by atoms with Crippen LogP contribution < -0.4 is 21.7 Å². The number of carbonyl (C=O) groups excluding carboxylic acids is 6. The first kappa shape index (κ1) is 47.9. The van der Waals surface area contributed by atoms with Crippen molar-refractivity contribution in [2.75, 3.05) is 13.1 Å². The normalized spacial score (nSPS) is 17.4.